The Labute approximate surface area is 161 Å². The molecule has 2 heterocycles. The van der Waals surface area contributed by atoms with Gasteiger partial charge in [-0.25, -0.2) is 14.6 Å². The molecule has 8 nitrogen and oxygen atoms in total. The second-order valence-corrected chi connectivity index (χ2v) is 6.56. The fraction of sp³-hybridized carbons (Fsp3) is 0.400. The number of aromatic nitrogens is 4. The molecule has 0 unspecified atom stereocenters. The third-order valence-electron chi connectivity index (χ3n) is 4.49. The lowest BCUT2D eigenvalue weighted by molar-refractivity contribution is 0.0458. The first-order valence-corrected chi connectivity index (χ1v) is 9.51. The molecule has 0 saturated heterocycles. The second kappa shape index (κ2) is 8.69. The maximum atomic E-state index is 12.5. The van der Waals surface area contributed by atoms with E-state index in [2.05, 4.69) is 9.97 Å². The Bertz CT molecular complexity index is 1080. The molecule has 1 aromatic carbocycles. The lowest BCUT2D eigenvalue weighted by atomic mass is 10.2. The van der Waals surface area contributed by atoms with E-state index in [-0.39, 0.29) is 6.61 Å². The van der Waals surface area contributed by atoms with Crippen LogP contribution in [0.3, 0.4) is 0 Å². The van der Waals surface area contributed by atoms with Gasteiger partial charge in [0.15, 0.2) is 11.2 Å². The van der Waals surface area contributed by atoms with E-state index in [1.54, 1.807) is 28.8 Å². The molecule has 0 aliphatic rings. The van der Waals surface area contributed by atoms with E-state index in [9.17, 15) is 14.4 Å². The van der Waals surface area contributed by atoms with E-state index in [0.29, 0.717) is 35.6 Å². The molecule has 28 heavy (non-hydrogen) atoms. The summed E-state index contributed by atoms with van der Waals surface area (Å²) in [4.78, 5) is 43.8. The number of hydrogen-bond donors (Lipinski definition) is 1. The van der Waals surface area contributed by atoms with Crippen LogP contribution in [0.5, 0.6) is 0 Å². The highest BCUT2D eigenvalue weighted by Crippen LogP contribution is 2.15. The third-order valence-corrected chi connectivity index (χ3v) is 4.49. The van der Waals surface area contributed by atoms with Crippen LogP contribution < -0.4 is 11.2 Å². The lowest BCUT2D eigenvalue weighted by Crippen LogP contribution is -2.31. The lowest BCUT2D eigenvalue weighted by Gasteiger charge is -2.08. The predicted octanol–water partition coefficient (Wildman–Crippen LogP) is 2.45. The van der Waals surface area contributed by atoms with E-state index in [1.807, 2.05) is 19.9 Å². The van der Waals surface area contributed by atoms with Gasteiger partial charge in [0.05, 0.1) is 5.56 Å². The Balaban J connectivity index is 2.00. The number of aromatic amines is 1. The zero-order chi connectivity index (χ0) is 20.1. The Morgan fingerprint density at radius 3 is 2.50 bits per heavy atom. The number of esters is 1. The van der Waals surface area contributed by atoms with Crippen LogP contribution in [0.15, 0.2) is 39.9 Å². The molecule has 3 aromatic rings. The first-order chi connectivity index (χ1) is 13.6. The van der Waals surface area contributed by atoms with Gasteiger partial charge in [-0.1, -0.05) is 38.5 Å². The molecule has 3 rings (SSSR count). The van der Waals surface area contributed by atoms with Gasteiger partial charge in [0.25, 0.3) is 5.56 Å². The van der Waals surface area contributed by atoms with Gasteiger partial charge in [-0.3, -0.25) is 14.3 Å². The summed E-state index contributed by atoms with van der Waals surface area (Å²) in [5.74, 6) is -0.0181. The highest BCUT2D eigenvalue weighted by atomic mass is 16.5. The molecule has 0 bridgehead atoms. The van der Waals surface area contributed by atoms with E-state index >= 15 is 0 Å². The van der Waals surface area contributed by atoms with Crippen molar-refractivity contribution < 1.29 is 9.53 Å². The fourth-order valence-corrected chi connectivity index (χ4v) is 3.10. The van der Waals surface area contributed by atoms with Gasteiger partial charge in [-0.15, -0.1) is 0 Å². The summed E-state index contributed by atoms with van der Waals surface area (Å²) in [7, 11) is 0. The average Bonchev–Trinajstić information content (AvgIpc) is 3.05. The third kappa shape index (κ3) is 3.90. The summed E-state index contributed by atoms with van der Waals surface area (Å²) < 4.78 is 8.61. The summed E-state index contributed by atoms with van der Waals surface area (Å²) in [6.45, 7) is 4.92. The Morgan fingerprint density at radius 2 is 1.82 bits per heavy atom. The molecule has 0 amide bonds. The van der Waals surface area contributed by atoms with Crippen molar-refractivity contribution in [3.05, 3.63) is 62.6 Å². The zero-order valence-electron chi connectivity index (χ0n) is 16.1. The number of benzene rings is 1. The van der Waals surface area contributed by atoms with Crippen molar-refractivity contribution in [2.24, 2.45) is 0 Å². The molecule has 0 aliphatic heterocycles. The standard InChI is InChI=1S/C20H24N4O4/c1-3-5-12-24-17-16(18(25)22-20(24)27)23(11-4-2)15(21-17)13-28-19(26)14-9-7-6-8-10-14/h6-10H,3-5,11-13H2,1-2H3,(H,22,25,27). The smallest absolute Gasteiger partial charge is 0.338 e. The van der Waals surface area contributed by atoms with E-state index in [1.165, 1.54) is 4.57 Å². The fourth-order valence-electron chi connectivity index (χ4n) is 3.10. The van der Waals surface area contributed by atoms with Gasteiger partial charge in [-0.05, 0) is 25.0 Å². The number of unbranched alkanes of at least 4 members (excludes halogenated alkanes) is 1. The highest BCUT2D eigenvalue weighted by Gasteiger charge is 2.19. The van der Waals surface area contributed by atoms with Crippen molar-refractivity contribution in [3.63, 3.8) is 0 Å². The molecule has 1 N–H and O–H groups in total. The quantitative estimate of drug-likeness (QED) is 0.602. The largest absolute Gasteiger partial charge is 0.454 e. The predicted molar refractivity (Wildman–Crippen MR) is 105 cm³/mol. The van der Waals surface area contributed by atoms with Crippen molar-refractivity contribution in [1.29, 1.82) is 0 Å². The number of nitrogens with one attached hydrogen (secondary N) is 1. The molecule has 0 aliphatic carbocycles. The molecular weight excluding hydrogens is 360 g/mol. The van der Waals surface area contributed by atoms with Crippen molar-refractivity contribution >= 4 is 17.1 Å². The molecule has 0 spiro atoms. The van der Waals surface area contributed by atoms with E-state index in [4.69, 9.17) is 4.74 Å². The van der Waals surface area contributed by atoms with Crippen molar-refractivity contribution in [2.75, 3.05) is 0 Å². The van der Waals surface area contributed by atoms with Crippen LogP contribution in [0.2, 0.25) is 0 Å². The Morgan fingerprint density at radius 1 is 1.07 bits per heavy atom. The topological polar surface area (TPSA) is 99.0 Å². The number of carbonyl (C=O) groups is 1. The van der Waals surface area contributed by atoms with Crippen LogP contribution in [0.1, 0.15) is 49.3 Å². The molecule has 0 radical (unpaired) electrons. The normalized spacial score (nSPS) is 11.1. The molecule has 0 fully saturated rings. The molecular formula is C20H24N4O4. The number of aryl methyl sites for hydroxylation is 2. The molecule has 2 aromatic heterocycles. The summed E-state index contributed by atoms with van der Waals surface area (Å²) in [6, 6.07) is 8.68. The van der Waals surface area contributed by atoms with Crippen LogP contribution in [0.25, 0.3) is 11.2 Å². The SMILES string of the molecule is CCCCn1c(=O)[nH]c(=O)c2c1nc(COC(=O)c1ccccc1)n2CCC. The number of fused-ring (bicyclic) bond motifs is 1. The highest BCUT2D eigenvalue weighted by molar-refractivity contribution is 5.89. The van der Waals surface area contributed by atoms with Gasteiger partial charge >= 0.3 is 11.7 Å². The van der Waals surface area contributed by atoms with Gasteiger partial charge in [0.2, 0.25) is 0 Å². The van der Waals surface area contributed by atoms with E-state index < -0.39 is 17.2 Å². The monoisotopic (exact) mass is 384 g/mol. The minimum atomic E-state index is -0.477. The molecule has 8 heteroatoms. The first-order valence-electron chi connectivity index (χ1n) is 9.51. The number of imidazole rings is 1. The van der Waals surface area contributed by atoms with Crippen LogP contribution in [0, 0.1) is 0 Å². The van der Waals surface area contributed by atoms with Crippen LogP contribution >= 0.6 is 0 Å². The minimum absolute atomic E-state index is 0.0795. The van der Waals surface area contributed by atoms with E-state index in [0.717, 1.165) is 19.3 Å². The number of nitrogens with zero attached hydrogens (tertiary/aromatic N) is 3. The van der Waals surface area contributed by atoms with Gasteiger partial charge < -0.3 is 9.30 Å². The van der Waals surface area contributed by atoms with Gasteiger partial charge in [-0.2, -0.15) is 0 Å². The minimum Gasteiger partial charge on any atom is -0.454 e. The van der Waals surface area contributed by atoms with Crippen molar-refractivity contribution in [2.45, 2.75) is 52.8 Å². The van der Waals surface area contributed by atoms with Crippen LogP contribution in [-0.4, -0.2) is 25.1 Å². The summed E-state index contributed by atoms with van der Waals surface area (Å²) >= 11 is 0. The van der Waals surface area contributed by atoms with Crippen LogP contribution in [-0.2, 0) is 24.4 Å². The van der Waals surface area contributed by atoms with Gasteiger partial charge in [0, 0.05) is 13.1 Å². The maximum absolute atomic E-state index is 12.5. The van der Waals surface area contributed by atoms with Crippen molar-refractivity contribution in [1.82, 2.24) is 19.1 Å². The first kappa shape index (κ1) is 19.6. The molecule has 148 valence electrons. The maximum Gasteiger partial charge on any atom is 0.338 e. The number of hydrogen-bond acceptors (Lipinski definition) is 5. The molecule has 0 atom stereocenters. The van der Waals surface area contributed by atoms with Crippen LogP contribution in [0.4, 0.5) is 0 Å². The summed E-state index contributed by atoms with van der Waals surface area (Å²) in [5.41, 5.74) is 0.164. The zero-order valence-corrected chi connectivity index (χ0v) is 16.1. The number of rotatable bonds is 8. The van der Waals surface area contributed by atoms with Gasteiger partial charge in [0.1, 0.15) is 12.4 Å². The number of H-pyrrole nitrogens is 1. The number of ether oxygens (including phenoxy) is 1. The average molecular weight is 384 g/mol. The number of carbonyl (C=O) groups excluding carboxylic acids is 1. The molecule has 0 saturated carbocycles. The summed E-state index contributed by atoms with van der Waals surface area (Å²) in [6.07, 6.45) is 2.46. The Hall–Kier alpha value is -3.16. The second-order valence-electron chi connectivity index (χ2n) is 6.56. The van der Waals surface area contributed by atoms with Crippen molar-refractivity contribution in [3.8, 4) is 0 Å². The summed E-state index contributed by atoms with van der Waals surface area (Å²) in [5, 5.41) is 0. The Kier molecular flexibility index (Phi) is 6.08.